The number of benzene rings is 2. The average molecular weight is 338 g/mol. The second-order valence-electron chi connectivity index (χ2n) is 5.68. The quantitative estimate of drug-likeness (QED) is 0.345. The molecule has 0 amide bonds. The van der Waals surface area contributed by atoms with Crippen molar-refractivity contribution in [2.75, 3.05) is 0 Å². The molecule has 0 heterocycles. The van der Waals surface area contributed by atoms with Crippen LogP contribution in [0.1, 0.15) is 27.9 Å². The Hall–Kier alpha value is -2.50. The topological polar surface area (TPSA) is 17.1 Å². The van der Waals surface area contributed by atoms with Crippen LogP contribution < -0.4 is 0 Å². The Kier molecular flexibility index (Phi) is 3.78. The Morgan fingerprint density at radius 3 is 2.04 bits per heavy atom. The molecule has 24 heavy (non-hydrogen) atoms. The lowest BCUT2D eigenvalue weighted by Gasteiger charge is -2.28. The van der Waals surface area contributed by atoms with Crippen LogP contribution in [0.2, 0.25) is 0 Å². The molecule has 0 bridgehead atoms. The maximum absolute atomic E-state index is 14.3. The fourth-order valence-corrected chi connectivity index (χ4v) is 3.30. The summed E-state index contributed by atoms with van der Waals surface area (Å²) in [7, 11) is 0. The van der Waals surface area contributed by atoms with Gasteiger partial charge in [0.1, 0.15) is 0 Å². The summed E-state index contributed by atoms with van der Waals surface area (Å²) in [6.45, 7) is 3.46. The van der Waals surface area contributed by atoms with Gasteiger partial charge in [0.05, 0.1) is 5.41 Å². The first-order valence-corrected chi connectivity index (χ1v) is 7.10. The van der Waals surface area contributed by atoms with Gasteiger partial charge in [-0.1, -0.05) is 30.3 Å². The van der Waals surface area contributed by atoms with E-state index in [9.17, 15) is 26.7 Å². The van der Waals surface area contributed by atoms with E-state index >= 15 is 0 Å². The minimum Gasteiger partial charge on any atom is -0.293 e. The first kappa shape index (κ1) is 16.4. The van der Waals surface area contributed by atoms with Crippen molar-refractivity contribution < 1.29 is 26.7 Å². The molecule has 1 atom stereocenters. The van der Waals surface area contributed by atoms with Gasteiger partial charge in [-0.05, 0) is 18.4 Å². The molecule has 1 aliphatic carbocycles. The van der Waals surface area contributed by atoms with E-state index in [1.54, 1.807) is 18.2 Å². The van der Waals surface area contributed by atoms with Crippen LogP contribution in [-0.2, 0) is 11.8 Å². The van der Waals surface area contributed by atoms with Crippen molar-refractivity contribution in [1.29, 1.82) is 0 Å². The molecular formula is C18H11F5O. The number of carbonyl (C=O) groups excluding carboxylic acids is 1. The van der Waals surface area contributed by atoms with Crippen LogP contribution in [0, 0.1) is 29.1 Å². The van der Waals surface area contributed by atoms with Gasteiger partial charge in [0.2, 0.25) is 5.82 Å². The lowest BCUT2D eigenvalue weighted by atomic mass is 9.73. The van der Waals surface area contributed by atoms with E-state index in [-0.39, 0.29) is 18.4 Å². The molecule has 0 unspecified atom stereocenters. The summed E-state index contributed by atoms with van der Waals surface area (Å²) in [6, 6.07) is 6.26. The first-order valence-electron chi connectivity index (χ1n) is 7.10. The predicted octanol–water partition coefficient (Wildman–Crippen LogP) is 4.64. The van der Waals surface area contributed by atoms with Crippen molar-refractivity contribution in [1.82, 2.24) is 0 Å². The summed E-state index contributed by atoms with van der Waals surface area (Å²) in [5, 5.41) is 0. The van der Waals surface area contributed by atoms with Crippen LogP contribution in [0.15, 0.2) is 36.9 Å². The number of Topliss-reactive ketones (excluding diaryl/α,β-unsaturated/α-hetero) is 1. The Morgan fingerprint density at radius 1 is 0.958 bits per heavy atom. The number of hydrogen-bond donors (Lipinski definition) is 0. The third kappa shape index (κ3) is 2.02. The van der Waals surface area contributed by atoms with Crippen LogP contribution in [0.4, 0.5) is 22.0 Å². The summed E-state index contributed by atoms with van der Waals surface area (Å²) in [5.41, 5.74) is -2.29. The average Bonchev–Trinajstić information content (AvgIpc) is 2.85. The van der Waals surface area contributed by atoms with Crippen molar-refractivity contribution in [2.45, 2.75) is 18.3 Å². The highest BCUT2D eigenvalue weighted by molar-refractivity contribution is 6.08. The van der Waals surface area contributed by atoms with E-state index in [0.717, 1.165) is 0 Å². The van der Waals surface area contributed by atoms with Crippen LogP contribution >= 0.6 is 0 Å². The molecule has 6 heteroatoms. The van der Waals surface area contributed by atoms with Crippen LogP contribution in [-0.4, -0.2) is 5.78 Å². The van der Waals surface area contributed by atoms with Gasteiger partial charge in [-0.2, -0.15) is 0 Å². The third-order valence-corrected chi connectivity index (χ3v) is 4.37. The van der Waals surface area contributed by atoms with E-state index in [2.05, 4.69) is 6.58 Å². The van der Waals surface area contributed by atoms with Gasteiger partial charge in [-0.25, -0.2) is 22.0 Å². The molecule has 0 saturated heterocycles. The predicted molar refractivity (Wildman–Crippen MR) is 77.2 cm³/mol. The minimum atomic E-state index is -2.24. The molecule has 1 nitrogen and oxygen atoms in total. The summed E-state index contributed by atoms with van der Waals surface area (Å²) < 4.78 is 69.2. The maximum Gasteiger partial charge on any atom is 0.200 e. The Morgan fingerprint density at radius 2 is 1.50 bits per heavy atom. The normalized spacial score (nSPS) is 19.5. The zero-order chi connectivity index (χ0) is 17.6. The zero-order valence-electron chi connectivity index (χ0n) is 12.3. The smallest absolute Gasteiger partial charge is 0.200 e. The fraction of sp³-hybridized carbons (Fsp3) is 0.167. The van der Waals surface area contributed by atoms with E-state index in [1.807, 2.05) is 0 Å². The van der Waals surface area contributed by atoms with Crippen LogP contribution in [0.25, 0.3) is 0 Å². The highest BCUT2D eigenvalue weighted by atomic mass is 19.2. The van der Waals surface area contributed by atoms with E-state index < -0.39 is 45.8 Å². The van der Waals surface area contributed by atoms with Crippen LogP contribution in [0.5, 0.6) is 0 Å². The van der Waals surface area contributed by atoms with Crippen molar-refractivity contribution in [3.8, 4) is 0 Å². The van der Waals surface area contributed by atoms with E-state index in [0.29, 0.717) is 5.56 Å². The molecule has 0 fully saturated rings. The second-order valence-corrected chi connectivity index (χ2v) is 5.68. The van der Waals surface area contributed by atoms with Gasteiger partial charge in [0, 0.05) is 11.1 Å². The van der Waals surface area contributed by atoms with Crippen LogP contribution in [0.3, 0.4) is 0 Å². The molecule has 0 aromatic heterocycles. The van der Waals surface area contributed by atoms with Gasteiger partial charge < -0.3 is 0 Å². The highest BCUT2D eigenvalue weighted by Crippen LogP contribution is 2.45. The molecule has 0 saturated carbocycles. The lowest BCUT2D eigenvalue weighted by Crippen LogP contribution is -2.36. The first-order chi connectivity index (χ1) is 11.3. The third-order valence-electron chi connectivity index (χ3n) is 4.37. The molecule has 0 N–H and O–H groups in total. The second kappa shape index (κ2) is 5.54. The van der Waals surface area contributed by atoms with Gasteiger partial charge in [0.25, 0.3) is 0 Å². The van der Waals surface area contributed by atoms with Crippen molar-refractivity contribution >= 4 is 5.78 Å². The standard InChI is InChI=1S/C18H11F5O/c1-2-7-18(8-9-5-3-4-6-10(9)17(18)24)11-12(19)14(21)16(23)15(22)13(11)20/h2-6H,1,7-8H2/t18-/m1/s1. The Balaban J connectivity index is 2.34. The van der Waals surface area contributed by atoms with Gasteiger partial charge in [0.15, 0.2) is 29.1 Å². The molecule has 0 radical (unpaired) electrons. The molecule has 0 spiro atoms. The van der Waals surface area contributed by atoms with E-state index in [4.69, 9.17) is 0 Å². The molecule has 2 aromatic carbocycles. The van der Waals surface area contributed by atoms with Crippen molar-refractivity contribution in [2.24, 2.45) is 0 Å². The Labute approximate surface area is 134 Å². The molecule has 2 aromatic rings. The number of halogens is 5. The zero-order valence-corrected chi connectivity index (χ0v) is 12.3. The molecule has 0 aliphatic heterocycles. The summed E-state index contributed by atoms with van der Waals surface area (Å²) in [4.78, 5) is 12.8. The lowest BCUT2D eigenvalue weighted by molar-refractivity contribution is 0.0895. The molecule has 124 valence electrons. The van der Waals surface area contributed by atoms with Gasteiger partial charge >= 0.3 is 0 Å². The number of hydrogen-bond acceptors (Lipinski definition) is 1. The maximum atomic E-state index is 14.3. The van der Waals surface area contributed by atoms with Crippen molar-refractivity contribution in [3.05, 3.63) is 82.7 Å². The number of allylic oxidation sites excluding steroid dienone is 1. The summed E-state index contributed by atoms with van der Waals surface area (Å²) >= 11 is 0. The number of carbonyl (C=O) groups is 1. The monoisotopic (exact) mass is 338 g/mol. The number of rotatable bonds is 3. The molecule has 3 rings (SSSR count). The Bertz CT molecular complexity index is 845. The number of fused-ring (bicyclic) bond motifs is 1. The number of ketones is 1. The minimum absolute atomic E-state index is 0.160. The molecule has 1 aliphatic rings. The highest BCUT2D eigenvalue weighted by Gasteiger charge is 2.50. The summed E-state index contributed by atoms with van der Waals surface area (Å²) in [6.07, 6.45) is 0.826. The van der Waals surface area contributed by atoms with Gasteiger partial charge in [-0.3, -0.25) is 4.79 Å². The van der Waals surface area contributed by atoms with Gasteiger partial charge in [-0.15, -0.1) is 6.58 Å². The van der Waals surface area contributed by atoms with Crippen molar-refractivity contribution in [3.63, 3.8) is 0 Å². The fourth-order valence-electron chi connectivity index (χ4n) is 3.30. The summed E-state index contributed by atoms with van der Waals surface area (Å²) in [5.74, 6) is -11.0. The largest absolute Gasteiger partial charge is 0.293 e. The van der Waals surface area contributed by atoms with E-state index in [1.165, 1.54) is 12.1 Å². The molecular weight excluding hydrogens is 327 g/mol. The SMILES string of the molecule is C=CC[C@]1(c2c(F)c(F)c(F)c(F)c2F)Cc2ccccc2C1=O.